The minimum atomic E-state index is 0.484. The number of hydrogen-bond donors (Lipinski definition) is 2. The van der Waals surface area contributed by atoms with Crippen molar-refractivity contribution in [2.45, 2.75) is 26.2 Å². The molecular weight excluding hydrogens is 290 g/mol. The molecule has 1 aliphatic rings. The molecule has 0 amide bonds. The standard InChI is InChI=1S/C13H19N5S2/c1-9-3-2-5-18(8-9)6-4-11-14-7-10(20-11)12-15-13(19)17-16-12/h7,9H,2-6,8H2,1H3,(H2,15,16,17,19). The van der Waals surface area contributed by atoms with Crippen molar-refractivity contribution in [3.05, 3.63) is 16.0 Å². The first-order valence-electron chi connectivity index (χ1n) is 7.03. The quantitative estimate of drug-likeness (QED) is 0.853. The van der Waals surface area contributed by atoms with Crippen LogP contribution in [-0.4, -0.2) is 44.7 Å². The number of nitrogens with zero attached hydrogens (tertiary/aromatic N) is 3. The van der Waals surface area contributed by atoms with Gasteiger partial charge in [-0.3, -0.25) is 10.2 Å². The number of thiazole rings is 1. The van der Waals surface area contributed by atoms with Crippen LogP contribution in [0.5, 0.6) is 0 Å². The molecule has 2 aromatic rings. The summed E-state index contributed by atoms with van der Waals surface area (Å²) in [7, 11) is 0. The first kappa shape index (κ1) is 13.9. The fourth-order valence-corrected chi connectivity index (χ4v) is 3.66. The molecule has 108 valence electrons. The fraction of sp³-hybridized carbons (Fsp3) is 0.615. The molecular formula is C13H19N5S2. The highest BCUT2D eigenvalue weighted by atomic mass is 32.1. The summed E-state index contributed by atoms with van der Waals surface area (Å²) < 4.78 is 0.484. The Labute approximate surface area is 127 Å². The van der Waals surface area contributed by atoms with E-state index in [0.717, 1.165) is 29.6 Å². The second-order valence-corrected chi connectivity index (χ2v) is 6.93. The molecule has 1 aliphatic heterocycles. The number of rotatable bonds is 4. The van der Waals surface area contributed by atoms with E-state index in [1.54, 1.807) is 11.3 Å². The number of likely N-dealkylation sites (tertiary alicyclic amines) is 1. The van der Waals surface area contributed by atoms with Crippen molar-refractivity contribution in [2.24, 2.45) is 5.92 Å². The normalized spacial score (nSPS) is 20.4. The summed E-state index contributed by atoms with van der Waals surface area (Å²) in [6.45, 7) is 5.90. The summed E-state index contributed by atoms with van der Waals surface area (Å²) in [5.41, 5.74) is 0. The van der Waals surface area contributed by atoms with Crippen molar-refractivity contribution in [3.8, 4) is 10.7 Å². The number of hydrogen-bond acceptors (Lipinski definition) is 5. The average molecular weight is 309 g/mol. The molecule has 3 heterocycles. The summed E-state index contributed by atoms with van der Waals surface area (Å²) in [6, 6.07) is 0. The van der Waals surface area contributed by atoms with Crippen molar-refractivity contribution in [3.63, 3.8) is 0 Å². The smallest absolute Gasteiger partial charge is 0.213 e. The molecule has 1 unspecified atom stereocenters. The van der Waals surface area contributed by atoms with Gasteiger partial charge < -0.3 is 4.90 Å². The molecule has 3 rings (SSSR count). The van der Waals surface area contributed by atoms with Crippen LogP contribution < -0.4 is 0 Å². The molecule has 0 aromatic carbocycles. The van der Waals surface area contributed by atoms with Crippen LogP contribution in [0.1, 0.15) is 24.8 Å². The van der Waals surface area contributed by atoms with Gasteiger partial charge in [0.15, 0.2) is 5.82 Å². The van der Waals surface area contributed by atoms with E-state index in [2.05, 4.69) is 32.0 Å². The second-order valence-electron chi connectivity index (χ2n) is 5.43. The Bertz CT molecular complexity index is 614. The number of nitrogens with one attached hydrogen (secondary N) is 2. The summed E-state index contributed by atoms with van der Waals surface area (Å²) in [5.74, 6) is 1.62. The molecule has 0 bridgehead atoms. The van der Waals surface area contributed by atoms with Gasteiger partial charge in [0.1, 0.15) is 0 Å². The van der Waals surface area contributed by atoms with Crippen LogP contribution in [0.25, 0.3) is 10.7 Å². The molecule has 1 fully saturated rings. The first-order valence-corrected chi connectivity index (χ1v) is 8.25. The summed E-state index contributed by atoms with van der Waals surface area (Å²) in [5, 5.41) is 6.95. The highest BCUT2D eigenvalue weighted by Gasteiger charge is 2.16. The van der Waals surface area contributed by atoms with E-state index in [1.807, 2.05) is 6.20 Å². The van der Waals surface area contributed by atoms with Crippen LogP contribution >= 0.6 is 23.6 Å². The van der Waals surface area contributed by atoms with E-state index in [4.69, 9.17) is 12.2 Å². The Hall–Kier alpha value is -1.05. The minimum absolute atomic E-state index is 0.484. The van der Waals surface area contributed by atoms with Gasteiger partial charge in [0.25, 0.3) is 0 Å². The van der Waals surface area contributed by atoms with Gasteiger partial charge in [-0.15, -0.1) is 11.3 Å². The van der Waals surface area contributed by atoms with Gasteiger partial charge in [0.05, 0.1) is 9.88 Å². The van der Waals surface area contributed by atoms with Crippen molar-refractivity contribution < 1.29 is 0 Å². The Morgan fingerprint density at radius 2 is 2.40 bits per heavy atom. The predicted molar refractivity (Wildman–Crippen MR) is 83.4 cm³/mol. The Balaban J connectivity index is 1.58. The number of H-pyrrole nitrogens is 2. The zero-order chi connectivity index (χ0) is 13.9. The van der Waals surface area contributed by atoms with E-state index in [1.165, 1.54) is 30.9 Å². The summed E-state index contributed by atoms with van der Waals surface area (Å²) in [4.78, 5) is 12.3. The molecule has 0 saturated carbocycles. The monoisotopic (exact) mass is 309 g/mol. The molecule has 0 aliphatic carbocycles. The highest BCUT2D eigenvalue weighted by Crippen LogP contribution is 2.23. The molecule has 7 heteroatoms. The Morgan fingerprint density at radius 1 is 1.50 bits per heavy atom. The van der Waals surface area contributed by atoms with Crippen molar-refractivity contribution in [1.82, 2.24) is 25.1 Å². The zero-order valence-corrected chi connectivity index (χ0v) is 13.2. The lowest BCUT2D eigenvalue weighted by atomic mass is 10.0. The zero-order valence-electron chi connectivity index (χ0n) is 11.6. The van der Waals surface area contributed by atoms with Crippen molar-refractivity contribution >= 4 is 23.6 Å². The lowest BCUT2D eigenvalue weighted by Crippen LogP contribution is -2.35. The van der Waals surface area contributed by atoms with Crippen LogP contribution in [-0.2, 0) is 6.42 Å². The maximum atomic E-state index is 4.97. The number of aromatic nitrogens is 4. The third-order valence-corrected chi connectivity index (χ3v) is 4.93. The Kier molecular flexibility index (Phi) is 4.28. The van der Waals surface area contributed by atoms with E-state index in [0.29, 0.717) is 4.77 Å². The van der Waals surface area contributed by atoms with Crippen molar-refractivity contribution in [1.29, 1.82) is 0 Å². The van der Waals surface area contributed by atoms with Gasteiger partial charge in [-0.25, -0.2) is 4.98 Å². The molecule has 5 nitrogen and oxygen atoms in total. The Morgan fingerprint density at radius 3 is 3.15 bits per heavy atom. The van der Waals surface area contributed by atoms with E-state index in [9.17, 15) is 0 Å². The van der Waals surface area contributed by atoms with Gasteiger partial charge in [-0.1, -0.05) is 6.92 Å². The van der Waals surface area contributed by atoms with Gasteiger partial charge in [-0.05, 0) is 37.5 Å². The largest absolute Gasteiger partial charge is 0.303 e. The topological polar surface area (TPSA) is 60.6 Å². The maximum absolute atomic E-state index is 4.97. The lowest BCUT2D eigenvalue weighted by molar-refractivity contribution is 0.186. The minimum Gasteiger partial charge on any atom is -0.303 e. The van der Waals surface area contributed by atoms with Gasteiger partial charge in [0, 0.05) is 25.7 Å². The molecule has 2 aromatic heterocycles. The van der Waals surface area contributed by atoms with E-state index >= 15 is 0 Å². The molecule has 20 heavy (non-hydrogen) atoms. The summed E-state index contributed by atoms with van der Waals surface area (Å²) in [6.07, 6.45) is 5.59. The molecule has 2 N–H and O–H groups in total. The third-order valence-electron chi connectivity index (χ3n) is 3.67. The van der Waals surface area contributed by atoms with Crippen LogP contribution in [0.2, 0.25) is 0 Å². The van der Waals surface area contributed by atoms with Gasteiger partial charge in [0.2, 0.25) is 4.77 Å². The average Bonchev–Trinajstić information content (AvgIpc) is 3.05. The summed E-state index contributed by atoms with van der Waals surface area (Å²) >= 11 is 6.66. The van der Waals surface area contributed by atoms with Crippen LogP contribution in [0.3, 0.4) is 0 Å². The van der Waals surface area contributed by atoms with Crippen LogP contribution in [0, 0.1) is 10.7 Å². The van der Waals surface area contributed by atoms with Crippen molar-refractivity contribution in [2.75, 3.05) is 19.6 Å². The van der Waals surface area contributed by atoms with E-state index < -0.39 is 0 Å². The predicted octanol–water partition coefficient (Wildman–Crippen LogP) is 2.87. The molecule has 1 saturated heterocycles. The highest BCUT2D eigenvalue weighted by molar-refractivity contribution is 7.71. The third kappa shape index (κ3) is 3.34. The second kappa shape index (κ2) is 6.15. The molecule has 1 atom stereocenters. The van der Waals surface area contributed by atoms with Gasteiger partial charge in [-0.2, -0.15) is 4.98 Å². The van der Waals surface area contributed by atoms with Crippen LogP contribution in [0.15, 0.2) is 6.20 Å². The maximum Gasteiger partial charge on any atom is 0.213 e. The molecule has 0 spiro atoms. The fourth-order valence-electron chi connectivity index (χ4n) is 2.67. The van der Waals surface area contributed by atoms with Gasteiger partial charge >= 0.3 is 0 Å². The number of piperidine rings is 1. The van der Waals surface area contributed by atoms with Crippen LogP contribution in [0.4, 0.5) is 0 Å². The lowest BCUT2D eigenvalue weighted by Gasteiger charge is -2.30. The SMILES string of the molecule is CC1CCCN(CCc2ncc(-c3nc(=S)[nH][nH]3)s2)C1. The molecule has 0 radical (unpaired) electrons. The first-order chi connectivity index (χ1) is 9.70. The number of aromatic amines is 2. The van der Waals surface area contributed by atoms with E-state index in [-0.39, 0.29) is 0 Å².